The van der Waals surface area contributed by atoms with Gasteiger partial charge in [-0.15, -0.1) is 0 Å². The number of rotatable bonds is 6. The Kier molecular flexibility index (Phi) is 5.56. The quantitative estimate of drug-likeness (QED) is 0.584. The summed E-state index contributed by atoms with van der Waals surface area (Å²) in [4.78, 5) is 24.4. The van der Waals surface area contributed by atoms with Crippen molar-refractivity contribution in [2.45, 2.75) is 32.3 Å². The Bertz CT molecular complexity index is 781. The lowest BCUT2D eigenvalue weighted by atomic mass is 9.97. The largest absolute Gasteiger partial charge is 0.485 e. The topological polar surface area (TPSA) is 61.8 Å². The van der Waals surface area contributed by atoms with E-state index >= 15 is 0 Å². The second kappa shape index (κ2) is 8.04. The molecule has 3 rings (SSSR count). The van der Waals surface area contributed by atoms with E-state index in [0.29, 0.717) is 23.0 Å². The van der Waals surface area contributed by atoms with E-state index in [1.807, 2.05) is 18.2 Å². The highest BCUT2D eigenvalue weighted by Gasteiger charge is 2.29. The fourth-order valence-corrected chi connectivity index (χ4v) is 2.68. The molecule has 2 atom stereocenters. The fraction of sp³-hybridized carbons (Fsp3) is 0.333. The molecule has 0 saturated heterocycles. The molecule has 0 aromatic heterocycles. The molecule has 1 aliphatic rings. The molecule has 0 radical (unpaired) electrons. The Morgan fingerprint density at radius 3 is 2.50 bits per heavy atom. The van der Waals surface area contributed by atoms with Crippen LogP contribution in [0.15, 0.2) is 48.5 Å². The number of fused-ring (bicyclic) bond motifs is 1. The van der Waals surface area contributed by atoms with Crippen LogP contribution in [-0.2, 0) is 9.53 Å². The van der Waals surface area contributed by atoms with Crippen molar-refractivity contribution in [1.29, 1.82) is 0 Å². The smallest absolute Gasteiger partial charge is 0.351 e. The number of ether oxygens (including phenoxy) is 3. The second-order valence-electron chi connectivity index (χ2n) is 6.33. The first kappa shape index (κ1) is 18.0. The van der Waals surface area contributed by atoms with Crippen LogP contribution < -0.4 is 9.47 Å². The van der Waals surface area contributed by atoms with Crippen molar-refractivity contribution in [2.24, 2.45) is 0 Å². The van der Waals surface area contributed by atoms with Gasteiger partial charge >= 0.3 is 5.97 Å². The average molecular weight is 354 g/mol. The molecule has 2 aromatic rings. The number of carbonyl (C=O) groups is 2. The molecule has 136 valence electrons. The summed E-state index contributed by atoms with van der Waals surface area (Å²) in [5.41, 5.74) is 1.71. The molecule has 0 spiro atoms. The van der Waals surface area contributed by atoms with E-state index in [1.54, 1.807) is 30.3 Å². The molecule has 26 heavy (non-hydrogen) atoms. The minimum Gasteiger partial charge on any atom is -0.485 e. The zero-order chi connectivity index (χ0) is 18.5. The van der Waals surface area contributed by atoms with Crippen molar-refractivity contribution in [2.75, 3.05) is 13.2 Å². The number of para-hydroxylation sites is 2. The van der Waals surface area contributed by atoms with Gasteiger partial charge in [0.05, 0.1) is 0 Å². The van der Waals surface area contributed by atoms with Crippen LogP contribution in [0.3, 0.4) is 0 Å². The number of ketones is 1. The van der Waals surface area contributed by atoms with Gasteiger partial charge in [0, 0.05) is 5.56 Å². The summed E-state index contributed by atoms with van der Waals surface area (Å²) in [5.74, 6) is 0.681. The van der Waals surface area contributed by atoms with E-state index in [1.165, 1.54) is 5.56 Å². The highest BCUT2D eigenvalue weighted by Crippen LogP contribution is 2.31. The first-order valence-electron chi connectivity index (χ1n) is 8.76. The van der Waals surface area contributed by atoms with Gasteiger partial charge in [-0.3, -0.25) is 4.79 Å². The summed E-state index contributed by atoms with van der Waals surface area (Å²) in [7, 11) is 0. The standard InChI is InChI=1S/C21H22O5/c1-3-14(2)15-8-10-16(11-9-15)17(22)12-25-21(23)20-13-24-18-6-4-5-7-19(18)26-20/h4-11,14,20H,3,12-13H2,1-2H3/t14-,20-/m0/s1. The zero-order valence-electron chi connectivity index (χ0n) is 14.9. The van der Waals surface area contributed by atoms with Crippen molar-refractivity contribution in [3.63, 3.8) is 0 Å². The highest BCUT2D eigenvalue weighted by molar-refractivity contribution is 5.98. The van der Waals surface area contributed by atoms with E-state index in [0.717, 1.165) is 6.42 Å². The molecule has 0 amide bonds. The fourth-order valence-electron chi connectivity index (χ4n) is 2.68. The van der Waals surface area contributed by atoms with Crippen LogP contribution in [0, 0.1) is 0 Å². The van der Waals surface area contributed by atoms with Crippen LogP contribution in [0.1, 0.15) is 42.1 Å². The van der Waals surface area contributed by atoms with Crippen molar-refractivity contribution in [3.05, 3.63) is 59.7 Å². The van der Waals surface area contributed by atoms with Gasteiger partial charge in [0.1, 0.15) is 6.61 Å². The van der Waals surface area contributed by atoms with Crippen molar-refractivity contribution in [3.8, 4) is 11.5 Å². The summed E-state index contributed by atoms with van der Waals surface area (Å²) in [5, 5.41) is 0. The van der Waals surface area contributed by atoms with Gasteiger partial charge in [0.25, 0.3) is 0 Å². The molecular formula is C21H22O5. The van der Waals surface area contributed by atoms with Gasteiger partial charge in [0.2, 0.25) is 6.10 Å². The first-order valence-corrected chi connectivity index (χ1v) is 8.76. The molecule has 0 saturated carbocycles. The Labute approximate surface area is 152 Å². The second-order valence-corrected chi connectivity index (χ2v) is 6.33. The molecule has 5 nitrogen and oxygen atoms in total. The number of Topliss-reactive ketones (excluding diaryl/α,β-unsaturated/α-hetero) is 1. The summed E-state index contributed by atoms with van der Waals surface area (Å²) in [6.07, 6.45) is 0.169. The highest BCUT2D eigenvalue weighted by atomic mass is 16.6. The number of benzene rings is 2. The monoisotopic (exact) mass is 354 g/mol. The van der Waals surface area contributed by atoms with E-state index in [4.69, 9.17) is 14.2 Å². The maximum atomic E-state index is 12.2. The van der Waals surface area contributed by atoms with E-state index < -0.39 is 12.1 Å². The zero-order valence-corrected chi connectivity index (χ0v) is 14.9. The molecule has 5 heteroatoms. The Morgan fingerprint density at radius 2 is 1.81 bits per heavy atom. The normalized spacial score (nSPS) is 16.6. The van der Waals surface area contributed by atoms with E-state index in [2.05, 4.69) is 13.8 Å². The summed E-state index contributed by atoms with van der Waals surface area (Å²) in [6, 6.07) is 14.5. The van der Waals surface area contributed by atoms with Crippen molar-refractivity contribution >= 4 is 11.8 Å². The van der Waals surface area contributed by atoms with Gasteiger partial charge in [-0.05, 0) is 30.0 Å². The third kappa shape index (κ3) is 4.04. The van der Waals surface area contributed by atoms with Crippen LogP contribution >= 0.6 is 0 Å². The van der Waals surface area contributed by atoms with Gasteiger partial charge in [-0.25, -0.2) is 4.79 Å². The van der Waals surface area contributed by atoms with Gasteiger partial charge in [-0.2, -0.15) is 0 Å². The number of hydrogen-bond donors (Lipinski definition) is 0. The predicted molar refractivity (Wildman–Crippen MR) is 96.8 cm³/mol. The lowest BCUT2D eigenvalue weighted by Crippen LogP contribution is -2.38. The van der Waals surface area contributed by atoms with Crippen LogP contribution in [-0.4, -0.2) is 31.1 Å². The Hall–Kier alpha value is -2.82. The molecule has 2 aromatic carbocycles. The molecular weight excluding hydrogens is 332 g/mol. The van der Waals surface area contributed by atoms with Gasteiger partial charge < -0.3 is 14.2 Å². The summed E-state index contributed by atoms with van der Waals surface area (Å²) >= 11 is 0. The molecule has 1 aliphatic heterocycles. The Morgan fingerprint density at radius 1 is 1.12 bits per heavy atom. The number of esters is 1. The average Bonchev–Trinajstić information content (AvgIpc) is 2.70. The minimum absolute atomic E-state index is 0.0631. The SMILES string of the molecule is CC[C@H](C)c1ccc(C(=O)COC(=O)[C@@H]2COc3ccccc3O2)cc1. The maximum Gasteiger partial charge on any atom is 0.351 e. The molecule has 0 unspecified atom stereocenters. The van der Waals surface area contributed by atoms with E-state index in [9.17, 15) is 9.59 Å². The van der Waals surface area contributed by atoms with Gasteiger partial charge in [-0.1, -0.05) is 50.2 Å². The number of hydrogen-bond acceptors (Lipinski definition) is 5. The molecule has 0 fully saturated rings. The molecule has 0 N–H and O–H groups in total. The summed E-state index contributed by atoms with van der Waals surface area (Å²) in [6.45, 7) is 4.01. The molecule has 0 bridgehead atoms. The third-order valence-electron chi connectivity index (χ3n) is 4.53. The van der Waals surface area contributed by atoms with Gasteiger partial charge in [0.15, 0.2) is 23.9 Å². The summed E-state index contributed by atoms with van der Waals surface area (Å²) < 4.78 is 16.2. The van der Waals surface area contributed by atoms with Crippen LogP contribution in [0.25, 0.3) is 0 Å². The Balaban J connectivity index is 1.54. The minimum atomic E-state index is -0.870. The molecule has 0 aliphatic carbocycles. The first-order chi connectivity index (χ1) is 12.6. The predicted octanol–water partition coefficient (Wildman–Crippen LogP) is 3.77. The van der Waals surface area contributed by atoms with E-state index in [-0.39, 0.29) is 19.0 Å². The van der Waals surface area contributed by atoms with Crippen LogP contribution in [0.5, 0.6) is 11.5 Å². The molecule has 1 heterocycles. The lowest BCUT2D eigenvalue weighted by molar-refractivity contribution is -0.153. The van der Waals surface area contributed by atoms with Crippen molar-refractivity contribution < 1.29 is 23.8 Å². The maximum absolute atomic E-state index is 12.2. The third-order valence-corrected chi connectivity index (χ3v) is 4.53. The lowest BCUT2D eigenvalue weighted by Gasteiger charge is -2.24. The van der Waals surface area contributed by atoms with Crippen molar-refractivity contribution in [1.82, 2.24) is 0 Å². The van der Waals surface area contributed by atoms with Crippen LogP contribution in [0.2, 0.25) is 0 Å². The number of carbonyl (C=O) groups excluding carboxylic acids is 2. The van der Waals surface area contributed by atoms with Crippen LogP contribution in [0.4, 0.5) is 0 Å².